The van der Waals surface area contributed by atoms with E-state index in [2.05, 4.69) is 29.4 Å². The van der Waals surface area contributed by atoms with E-state index in [9.17, 15) is 9.59 Å². The third kappa shape index (κ3) is 4.23. The molecule has 1 aliphatic heterocycles. The third-order valence-electron chi connectivity index (χ3n) is 4.97. The van der Waals surface area contributed by atoms with Crippen LogP contribution in [-0.4, -0.2) is 34.8 Å². The minimum absolute atomic E-state index is 0.0204. The number of aromatic nitrogens is 1. The number of thiazole rings is 1. The number of aryl methyl sites for hydroxylation is 2. The number of anilines is 1. The molecule has 1 fully saturated rings. The van der Waals surface area contributed by atoms with Gasteiger partial charge in [0.2, 0.25) is 11.8 Å². The molecular formula is C20H27N3O2S. The van der Waals surface area contributed by atoms with Gasteiger partial charge in [0.15, 0.2) is 5.13 Å². The highest BCUT2D eigenvalue weighted by Crippen LogP contribution is 2.30. The Bertz CT molecular complexity index is 820. The fourth-order valence-electron chi connectivity index (χ4n) is 3.58. The molecule has 2 amide bonds. The van der Waals surface area contributed by atoms with Crippen molar-refractivity contribution in [2.45, 2.75) is 47.0 Å². The lowest BCUT2D eigenvalue weighted by Crippen LogP contribution is -2.41. The van der Waals surface area contributed by atoms with Crippen LogP contribution < -0.4 is 5.32 Å². The van der Waals surface area contributed by atoms with Gasteiger partial charge in [-0.15, -0.1) is 0 Å². The second-order valence-corrected chi connectivity index (χ2v) is 8.65. The zero-order valence-corrected chi connectivity index (χ0v) is 16.8. The summed E-state index contributed by atoms with van der Waals surface area (Å²) < 4.78 is 1.11. The average molecular weight is 374 g/mol. The first kappa shape index (κ1) is 18.8. The van der Waals surface area contributed by atoms with Gasteiger partial charge < -0.3 is 10.2 Å². The number of hydrogen-bond acceptors (Lipinski definition) is 4. The van der Waals surface area contributed by atoms with Crippen molar-refractivity contribution < 1.29 is 9.59 Å². The molecule has 3 rings (SSSR count). The number of hydrogen-bond donors (Lipinski definition) is 1. The first-order valence-electron chi connectivity index (χ1n) is 9.30. The van der Waals surface area contributed by atoms with Crippen LogP contribution in [0.4, 0.5) is 5.13 Å². The number of amides is 2. The number of carbonyl (C=O) groups is 2. The Morgan fingerprint density at radius 2 is 1.96 bits per heavy atom. The summed E-state index contributed by atoms with van der Waals surface area (Å²) in [5.41, 5.74) is 3.31. The topological polar surface area (TPSA) is 62.3 Å². The van der Waals surface area contributed by atoms with Gasteiger partial charge in [0.05, 0.1) is 10.2 Å². The molecule has 0 atom stereocenters. The zero-order chi connectivity index (χ0) is 18.8. The first-order chi connectivity index (χ1) is 12.3. The largest absolute Gasteiger partial charge is 0.342 e. The molecule has 2 aromatic rings. The molecule has 0 saturated carbocycles. The van der Waals surface area contributed by atoms with Gasteiger partial charge in [0.25, 0.3) is 0 Å². The summed E-state index contributed by atoms with van der Waals surface area (Å²) in [7, 11) is 0. The van der Waals surface area contributed by atoms with Crippen LogP contribution >= 0.6 is 11.3 Å². The van der Waals surface area contributed by atoms with Crippen molar-refractivity contribution in [1.82, 2.24) is 9.88 Å². The van der Waals surface area contributed by atoms with Crippen LogP contribution in [0.15, 0.2) is 12.1 Å². The summed E-state index contributed by atoms with van der Waals surface area (Å²) in [4.78, 5) is 31.0. The molecule has 140 valence electrons. The second kappa shape index (κ2) is 7.74. The minimum Gasteiger partial charge on any atom is -0.342 e. The first-order valence-corrected chi connectivity index (χ1v) is 10.1. The molecule has 2 heterocycles. The predicted octanol–water partition coefficient (Wildman–Crippen LogP) is 4.14. The van der Waals surface area contributed by atoms with Gasteiger partial charge in [-0.05, 0) is 49.8 Å². The Morgan fingerprint density at radius 3 is 2.62 bits per heavy atom. The van der Waals surface area contributed by atoms with Crippen molar-refractivity contribution in [3.05, 3.63) is 23.3 Å². The van der Waals surface area contributed by atoms with Crippen molar-refractivity contribution in [2.75, 3.05) is 18.4 Å². The molecule has 1 N–H and O–H groups in total. The number of likely N-dealkylation sites (tertiary alicyclic amines) is 1. The number of benzene rings is 1. The maximum absolute atomic E-state index is 12.4. The Morgan fingerprint density at radius 1 is 1.27 bits per heavy atom. The molecule has 26 heavy (non-hydrogen) atoms. The van der Waals surface area contributed by atoms with E-state index in [0.29, 0.717) is 17.5 Å². The molecule has 1 aromatic carbocycles. The van der Waals surface area contributed by atoms with Gasteiger partial charge in [0.1, 0.15) is 0 Å². The number of piperidine rings is 1. The molecule has 0 radical (unpaired) electrons. The molecule has 5 nitrogen and oxygen atoms in total. The third-order valence-corrected chi connectivity index (χ3v) is 5.89. The summed E-state index contributed by atoms with van der Waals surface area (Å²) in [5.74, 6) is 0.616. The van der Waals surface area contributed by atoms with Gasteiger partial charge in [-0.1, -0.05) is 31.3 Å². The Labute approximate surface area is 158 Å². The number of nitrogens with one attached hydrogen (secondary N) is 1. The van der Waals surface area contributed by atoms with Crippen molar-refractivity contribution in [3.8, 4) is 0 Å². The monoisotopic (exact) mass is 373 g/mol. The maximum atomic E-state index is 12.4. The summed E-state index contributed by atoms with van der Waals surface area (Å²) in [6.45, 7) is 9.50. The van der Waals surface area contributed by atoms with E-state index in [0.717, 1.165) is 41.7 Å². The Kier molecular flexibility index (Phi) is 5.61. The highest BCUT2D eigenvalue weighted by atomic mass is 32.1. The molecule has 6 heteroatoms. The average Bonchev–Trinajstić information content (AvgIpc) is 2.97. The van der Waals surface area contributed by atoms with E-state index in [1.165, 1.54) is 16.9 Å². The van der Waals surface area contributed by atoms with Crippen molar-refractivity contribution >= 4 is 38.5 Å². The van der Waals surface area contributed by atoms with Gasteiger partial charge in [0, 0.05) is 25.4 Å². The Balaban J connectivity index is 1.55. The van der Waals surface area contributed by atoms with Crippen LogP contribution in [-0.2, 0) is 9.59 Å². The summed E-state index contributed by atoms with van der Waals surface area (Å²) >= 11 is 1.53. The SMILES string of the molecule is Cc1cc(C)c2nc(NC(=O)CC3CCN(C(=O)C(C)C)CC3)sc2c1. The van der Waals surface area contributed by atoms with Gasteiger partial charge in [-0.25, -0.2) is 4.98 Å². The highest BCUT2D eigenvalue weighted by molar-refractivity contribution is 7.22. The van der Waals surface area contributed by atoms with Gasteiger partial charge >= 0.3 is 0 Å². The van der Waals surface area contributed by atoms with Crippen molar-refractivity contribution in [2.24, 2.45) is 11.8 Å². The van der Waals surface area contributed by atoms with Crippen molar-refractivity contribution in [3.63, 3.8) is 0 Å². The normalized spacial score (nSPS) is 15.7. The van der Waals surface area contributed by atoms with Crippen LogP contribution in [0, 0.1) is 25.7 Å². The Hall–Kier alpha value is -1.95. The lowest BCUT2D eigenvalue weighted by molar-refractivity contribution is -0.135. The molecular weight excluding hydrogens is 346 g/mol. The maximum Gasteiger partial charge on any atom is 0.226 e. The second-order valence-electron chi connectivity index (χ2n) is 7.62. The number of fused-ring (bicyclic) bond motifs is 1. The van der Waals surface area contributed by atoms with Crippen LogP contribution in [0.3, 0.4) is 0 Å². The lowest BCUT2D eigenvalue weighted by atomic mass is 9.92. The van der Waals surface area contributed by atoms with E-state index >= 15 is 0 Å². The van der Waals surface area contributed by atoms with Gasteiger partial charge in [-0.3, -0.25) is 9.59 Å². The van der Waals surface area contributed by atoms with E-state index in [4.69, 9.17) is 0 Å². The fraction of sp³-hybridized carbons (Fsp3) is 0.550. The molecule has 1 aliphatic rings. The minimum atomic E-state index is 0.0204. The molecule has 0 aliphatic carbocycles. The van der Waals surface area contributed by atoms with Crippen LogP contribution in [0.2, 0.25) is 0 Å². The molecule has 1 saturated heterocycles. The van der Waals surface area contributed by atoms with E-state index < -0.39 is 0 Å². The number of nitrogens with zero attached hydrogens (tertiary/aromatic N) is 2. The fourth-order valence-corrected chi connectivity index (χ4v) is 4.64. The molecule has 0 unspecified atom stereocenters. The molecule has 1 aromatic heterocycles. The molecule has 0 bridgehead atoms. The van der Waals surface area contributed by atoms with Crippen LogP contribution in [0.5, 0.6) is 0 Å². The number of rotatable bonds is 4. The van der Waals surface area contributed by atoms with Crippen molar-refractivity contribution in [1.29, 1.82) is 0 Å². The zero-order valence-electron chi connectivity index (χ0n) is 16.0. The quantitative estimate of drug-likeness (QED) is 0.876. The number of carbonyl (C=O) groups excluding carboxylic acids is 2. The predicted molar refractivity (Wildman–Crippen MR) is 106 cm³/mol. The van der Waals surface area contributed by atoms with E-state index in [1.807, 2.05) is 25.7 Å². The summed E-state index contributed by atoms with van der Waals surface area (Å²) in [5, 5.41) is 3.64. The van der Waals surface area contributed by atoms with E-state index in [-0.39, 0.29) is 17.7 Å². The van der Waals surface area contributed by atoms with Crippen LogP contribution in [0.25, 0.3) is 10.2 Å². The summed E-state index contributed by atoms with van der Waals surface area (Å²) in [6.07, 6.45) is 2.28. The standard InChI is InChI=1S/C20H27N3O2S/c1-12(2)19(25)23-7-5-15(6-8-23)11-17(24)21-20-22-18-14(4)9-13(3)10-16(18)26-20/h9-10,12,15H,5-8,11H2,1-4H3,(H,21,22,24). The highest BCUT2D eigenvalue weighted by Gasteiger charge is 2.25. The molecule has 0 spiro atoms. The smallest absolute Gasteiger partial charge is 0.226 e. The van der Waals surface area contributed by atoms with Gasteiger partial charge in [-0.2, -0.15) is 0 Å². The van der Waals surface area contributed by atoms with Crippen LogP contribution in [0.1, 0.15) is 44.2 Å². The van der Waals surface area contributed by atoms with E-state index in [1.54, 1.807) is 0 Å². The lowest BCUT2D eigenvalue weighted by Gasteiger charge is -2.32. The summed E-state index contributed by atoms with van der Waals surface area (Å²) in [6, 6.07) is 4.22.